The molecule has 4 amide bonds. The van der Waals surface area contributed by atoms with E-state index >= 15 is 0 Å². The van der Waals surface area contributed by atoms with Gasteiger partial charge in [0.1, 0.15) is 47.6 Å². The fraction of sp³-hybridized carbons (Fsp3) is 0.389. The third-order valence-electron chi connectivity index (χ3n) is 9.30. The molecule has 0 saturated carbocycles. The number of rotatable bonds is 16. The number of nitrogens with two attached hydrogens (primary N) is 1. The number of nitrogen functional groups attached to an aromatic ring is 1. The maximum atomic E-state index is 13.6. The van der Waals surface area contributed by atoms with Crippen LogP contribution in [-0.2, 0) is 55.3 Å². The molecule has 2 aromatic heterocycles. The quantitative estimate of drug-likeness (QED) is 0.0680. The number of fused-ring (bicyclic) bond motifs is 2. The van der Waals surface area contributed by atoms with Crippen LogP contribution in [0.4, 0.5) is 11.7 Å². The summed E-state index contributed by atoms with van der Waals surface area (Å²) >= 11 is 0. The van der Waals surface area contributed by atoms with Gasteiger partial charge in [0.05, 0.1) is 25.8 Å². The van der Waals surface area contributed by atoms with E-state index < -0.39 is 105 Å². The lowest BCUT2D eigenvalue weighted by atomic mass is 10.0. The van der Waals surface area contributed by atoms with E-state index in [0.717, 1.165) is 10.9 Å². The number of phosphoric acid groups is 1. The lowest BCUT2D eigenvalue weighted by Gasteiger charge is -2.26. The van der Waals surface area contributed by atoms with Crippen molar-refractivity contribution in [2.45, 2.75) is 82.4 Å². The number of ether oxygens (including phenoxy) is 1. The lowest BCUT2D eigenvalue weighted by molar-refractivity contribution is -0.139. The number of hydrogen-bond acceptors (Lipinski definition) is 17. The highest BCUT2D eigenvalue weighted by atomic mass is 31.2. The molecule has 4 aromatic rings. The smallest absolute Gasteiger partial charge is 0.481 e. The Kier molecular flexibility index (Phi) is 13.3. The van der Waals surface area contributed by atoms with Gasteiger partial charge in [-0.3, -0.25) is 33.0 Å². The SMILES string of the molecule is CC(NC(=O)CCC(=O)O)C(=O)NC(C)C(=O)NC(Cc1ccccc1)C(=O)Nc1ccc2c(c1)COP(=O)(OCC1OC(n3ncc4c(=O)oc(N)nc43)C(O)C1O)O2. The number of anilines is 2. The van der Waals surface area contributed by atoms with Crippen molar-refractivity contribution in [3.63, 3.8) is 0 Å². The molecule has 1 fully saturated rings. The molecule has 60 heavy (non-hydrogen) atoms. The Morgan fingerprint density at radius 2 is 1.70 bits per heavy atom. The zero-order chi connectivity index (χ0) is 43.3. The monoisotopic (exact) mass is 856 g/mol. The highest BCUT2D eigenvalue weighted by Gasteiger charge is 2.47. The summed E-state index contributed by atoms with van der Waals surface area (Å²) < 4.78 is 41.4. The molecule has 0 spiro atoms. The topological polar surface area (TPSA) is 335 Å². The molecule has 0 aliphatic carbocycles. The second-order valence-corrected chi connectivity index (χ2v) is 15.4. The van der Waals surface area contributed by atoms with Crippen molar-refractivity contribution in [2.24, 2.45) is 0 Å². The van der Waals surface area contributed by atoms with Gasteiger partial charge in [-0.05, 0) is 37.6 Å². The summed E-state index contributed by atoms with van der Waals surface area (Å²) in [4.78, 5) is 78.3. The highest BCUT2D eigenvalue weighted by molar-refractivity contribution is 7.49. The Bertz CT molecular complexity index is 2380. The summed E-state index contributed by atoms with van der Waals surface area (Å²) in [5, 5.41) is 44.3. The zero-order valence-corrected chi connectivity index (χ0v) is 32.8. The number of carbonyl (C=O) groups is 5. The van der Waals surface area contributed by atoms with Crippen LogP contribution < -0.4 is 37.2 Å². The number of carbonyl (C=O) groups excluding carboxylic acids is 4. The van der Waals surface area contributed by atoms with Crippen LogP contribution in [0.2, 0.25) is 0 Å². The number of aliphatic hydroxyl groups is 2. The minimum absolute atomic E-state index is 0.0510. The standard InChI is InChI=1S/C36H41N8O15P/c1-17(39-26(45)10-11-27(46)47)31(50)40-18(2)32(51)42-23(12-19-6-4-3-5-7-19)33(52)41-21-8-9-24-20(13-21)15-55-60(54,59-24)56-16-25-28(48)29(49)34(57-25)44-30-22(14-38-44)35(53)58-36(37)43-30/h3-9,13-14,17-18,23,25,28-29,34,48-49H,10-12,15-16H2,1-2H3,(H2,37,43)(H,39,45)(H,40,50)(H,41,52)(H,42,51)(H,46,47). The van der Waals surface area contributed by atoms with Gasteiger partial charge in [-0.1, -0.05) is 30.3 Å². The fourth-order valence-corrected chi connectivity index (χ4v) is 7.34. The first kappa shape index (κ1) is 43.4. The van der Waals surface area contributed by atoms with Crippen LogP contribution in [0.1, 0.15) is 44.0 Å². The van der Waals surface area contributed by atoms with Crippen molar-refractivity contribution in [2.75, 3.05) is 17.7 Å². The van der Waals surface area contributed by atoms with Crippen molar-refractivity contribution in [3.8, 4) is 5.75 Å². The van der Waals surface area contributed by atoms with Crippen LogP contribution in [-0.4, -0.2) is 103 Å². The lowest BCUT2D eigenvalue weighted by Crippen LogP contribution is -2.55. The number of nitrogens with zero attached hydrogens (tertiary/aromatic N) is 3. The third-order valence-corrected chi connectivity index (χ3v) is 10.6. The Hall–Kier alpha value is -6.23. The van der Waals surface area contributed by atoms with E-state index in [1.165, 1.54) is 32.0 Å². The van der Waals surface area contributed by atoms with Crippen LogP contribution in [0.25, 0.3) is 11.0 Å². The summed E-state index contributed by atoms with van der Waals surface area (Å²) in [5.41, 5.74) is 5.98. The first-order chi connectivity index (χ1) is 28.5. The number of aliphatic carboxylic acids is 1. The molecule has 9 N–H and O–H groups in total. The second-order valence-electron chi connectivity index (χ2n) is 13.8. The number of nitrogens with one attached hydrogen (secondary N) is 4. The van der Waals surface area contributed by atoms with Gasteiger partial charge < -0.3 is 56.0 Å². The number of amides is 4. The van der Waals surface area contributed by atoms with Crippen molar-refractivity contribution < 1.29 is 66.6 Å². The fourth-order valence-electron chi connectivity index (χ4n) is 6.12. The van der Waals surface area contributed by atoms with Crippen LogP contribution >= 0.6 is 7.82 Å². The Morgan fingerprint density at radius 3 is 2.43 bits per heavy atom. The van der Waals surface area contributed by atoms with Gasteiger partial charge in [-0.15, -0.1) is 0 Å². The number of phosphoric ester groups is 1. The zero-order valence-electron chi connectivity index (χ0n) is 31.9. The van der Waals surface area contributed by atoms with E-state index in [4.69, 9.17) is 33.6 Å². The largest absolute Gasteiger partial charge is 0.530 e. The molecule has 0 radical (unpaired) electrons. The van der Waals surface area contributed by atoms with Crippen LogP contribution in [0.5, 0.6) is 5.75 Å². The number of benzene rings is 2. The van der Waals surface area contributed by atoms with Crippen molar-refractivity contribution in [1.82, 2.24) is 30.7 Å². The highest BCUT2D eigenvalue weighted by Crippen LogP contribution is 2.55. The first-order valence-corrected chi connectivity index (χ1v) is 19.8. The summed E-state index contributed by atoms with van der Waals surface area (Å²) in [6.07, 6.45) is -5.32. The predicted octanol–water partition coefficient (Wildman–Crippen LogP) is -0.140. The van der Waals surface area contributed by atoms with Gasteiger partial charge in [0.2, 0.25) is 23.6 Å². The number of aliphatic hydroxyl groups excluding tert-OH is 2. The average molecular weight is 857 g/mol. The number of hydrogen-bond donors (Lipinski definition) is 8. The molecule has 8 unspecified atom stereocenters. The molecular weight excluding hydrogens is 815 g/mol. The van der Waals surface area contributed by atoms with Crippen LogP contribution in [0, 0.1) is 0 Å². The van der Waals surface area contributed by atoms with E-state index in [1.54, 1.807) is 30.3 Å². The average Bonchev–Trinajstić information content (AvgIpc) is 3.75. The first-order valence-electron chi connectivity index (χ1n) is 18.3. The maximum Gasteiger partial charge on any atom is 0.530 e. The summed E-state index contributed by atoms with van der Waals surface area (Å²) in [5.74, 6) is -3.79. The molecule has 6 rings (SSSR count). The molecule has 23 nitrogen and oxygen atoms in total. The van der Waals surface area contributed by atoms with E-state index in [1.807, 2.05) is 0 Å². The van der Waals surface area contributed by atoms with Gasteiger partial charge >= 0.3 is 19.4 Å². The summed E-state index contributed by atoms with van der Waals surface area (Å²) in [6.45, 7) is 1.88. The molecule has 0 bridgehead atoms. The van der Waals surface area contributed by atoms with Gasteiger partial charge in [0.25, 0.3) is 6.01 Å². The molecule has 2 aromatic carbocycles. The van der Waals surface area contributed by atoms with Crippen molar-refractivity contribution in [1.29, 1.82) is 0 Å². The van der Waals surface area contributed by atoms with Crippen molar-refractivity contribution in [3.05, 3.63) is 76.3 Å². The maximum absolute atomic E-state index is 13.6. The molecule has 2 aliphatic rings. The van der Waals surface area contributed by atoms with E-state index in [0.29, 0.717) is 11.1 Å². The minimum atomic E-state index is -4.31. The van der Waals surface area contributed by atoms with E-state index in [-0.39, 0.29) is 41.9 Å². The van der Waals surface area contributed by atoms with Gasteiger partial charge in [0.15, 0.2) is 11.9 Å². The Balaban J connectivity index is 1.05. The predicted molar refractivity (Wildman–Crippen MR) is 205 cm³/mol. The second kappa shape index (κ2) is 18.4. The summed E-state index contributed by atoms with van der Waals surface area (Å²) in [6, 6.07) is 9.35. The van der Waals surface area contributed by atoms with E-state index in [9.17, 15) is 43.5 Å². The molecule has 8 atom stereocenters. The van der Waals surface area contributed by atoms with Crippen LogP contribution in [0.15, 0.2) is 63.9 Å². The molecule has 4 heterocycles. The Labute approximate surface area is 339 Å². The number of carboxylic acids is 1. The summed E-state index contributed by atoms with van der Waals surface area (Å²) in [7, 11) is -4.31. The van der Waals surface area contributed by atoms with Gasteiger partial charge in [-0.25, -0.2) is 14.0 Å². The normalized spacial score (nSPS) is 22.4. The molecule has 2 aliphatic heterocycles. The molecule has 320 valence electrons. The van der Waals surface area contributed by atoms with Gasteiger partial charge in [0, 0.05) is 24.1 Å². The number of carboxylic acid groups (broad SMARTS) is 1. The van der Waals surface area contributed by atoms with Gasteiger partial charge in [-0.2, -0.15) is 10.1 Å². The molecule has 1 saturated heterocycles. The third kappa shape index (κ3) is 10.3. The number of aromatic nitrogens is 3. The van der Waals surface area contributed by atoms with E-state index in [2.05, 4.69) is 31.3 Å². The van der Waals surface area contributed by atoms with Crippen molar-refractivity contribution >= 4 is 60.2 Å². The van der Waals surface area contributed by atoms with Crippen LogP contribution in [0.3, 0.4) is 0 Å². The Morgan fingerprint density at radius 1 is 0.983 bits per heavy atom. The minimum Gasteiger partial charge on any atom is -0.481 e. The molecule has 24 heteroatoms. The molecular formula is C36H41N8O15P.